The highest BCUT2D eigenvalue weighted by molar-refractivity contribution is 5.62. The van der Waals surface area contributed by atoms with Gasteiger partial charge in [-0.3, -0.25) is 0 Å². The first-order valence-corrected chi connectivity index (χ1v) is 7.59. The van der Waals surface area contributed by atoms with Gasteiger partial charge in [-0.1, -0.05) is 32.9 Å². The zero-order valence-corrected chi connectivity index (χ0v) is 13.8. The molecule has 0 atom stereocenters. The first kappa shape index (κ1) is 15.3. The lowest BCUT2D eigenvalue weighted by atomic mass is 9.87. The average molecular weight is 308 g/mol. The summed E-state index contributed by atoms with van der Waals surface area (Å²) in [5, 5.41) is 17.8. The molecule has 0 amide bonds. The van der Waals surface area contributed by atoms with Crippen LogP contribution in [0.1, 0.15) is 31.9 Å². The smallest absolute Gasteiger partial charge is 0.248 e. The van der Waals surface area contributed by atoms with Crippen LogP contribution in [0, 0.1) is 6.92 Å². The summed E-state index contributed by atoms with van der Waals surface area (Å²) in [6.45, 7) is 8.44. The van der Waals surface area contributed by atoms with Crippen molar-refractivity contribution in [3.63, 3.8) is 0 Å². The molecule has 0 spiro atoms. The molecule has 118 valence electrons. The van der Waals surface area contributed by atoms with Crippen molar-refractivity contribution in [3.05, 3.63) is 53.6 Å². The number of aromatic hydroxyl groups is 1. The van der Waals surface area contributed by atoms with E-state index in [0.717, 1.165) is 16.7 Å². The third kappa shape index (κ3) is 3.11. The molecular weight excluding hydrogens is 288 g/mol. The predicted octanol–water partition coefficient (Wildman–Crippen LogP) is 4.72. The molecule has 0 saturated heterocycles. The Hall–Kier alpha value is -2.62. The van der Waals surface area contributed by atoms with Crippen LogP contribution in [0.15, 0.2) is 46.9 Å². The second-order valence-corrected chi connectivity index (χ2v) is 6.74. The normalized spacial score (nSPS) is 11.7. The fourth-order valence-electron chi connectivity index (χ4n) is 2.45. The van der Waals surface area contributed by atoms with E-state index in [2.05, 4.69) is 43.1 Å². The molecule has 1 heterocycles. The van der Waals surface area contributed by atoms with Crippen LogP contribution >= 0.6 is 0 Å². The maximum atomic E-state index is 9.49. The van der Waals surface area contributed by atoms with Crippen molar-refractivity contribution in [1.29, 1.82) is 0 Å². The highest BCUT2D eigenvalue weighted by Gasteiger charge is 2.16. The molecule has 0 radical (unpaired) electrons. The van der Waals surface area contributed by atoms with E-state index in [1.807, 2.05) is 19.1 Å². The van der Waals surface area contributed by atoms with Crippen LogP contribution in [0.4, 0.5) is 0 Å². The Morgan fingerprint density at radius 1 is 0.913 bits per heavy atom. The Balaban J connectivity index is 1.93. The van der Waals surface area contributed by atoms with Gasteiger partial charge in [0.1, 0.15) is 5.75 Å². The van der Waals surface area contributed by atoms with E-state index in [4.69, 9.17) is 4.42 Å². The molecule has 4 nitrogen and oxygen atoms in total. The minimum Gasteiger partial charge on any atom is -0.508 e. The van der Waals surface area contributed by atoms with Crippen molar-refractivity contribution < 1.29 is 9.52 Å². The van der Waals surface area contributed by atoms with Gasteiger partial charge >= 0.3 is 0 Å². The number of rotatable bonds is 2. The molecule has 0 unspecified atom stereocenters. The molecule has 0 aliphatic carbocycles. The molecule has 2 aromatic carbocycles. The summed E-state index contributed by atoms with van der Waals surface area (Å²) in [5.74, 6) is 1.18. The maximum Gasteiger partial charge on any atom is 0.248 e. The summed E-state index contributed by atoms with van der Waals surface area (Å²) >= 11 is 0. The van der Waals surface area contributed by atoms with E-state index in [9.17, 15) is 5.11 Å². The summed E-state index contributed by atoms with van der Waals surface area (Å²) in [5.41, 5.74) is 3.99. The van der Waals surface area contributed by atoms with Gasteiger partial charge in [-0.15, -0.1) is 10.2 Å². The van der Waals surface area contributed by atoms with Crippen molar-refractivity contribution >= 4 is 0 Å². The van der Waals surface area contributed by atoms with Gasteiger partial charge in [0.15, 0.2) is 0 Å². The third-order valence-electron chi connectivity index (χ3n) is 3.86. The number of aryl methyl sites for hydroxylation is 1. The van der Waals surface area contributed by atoms with Gasteiger partial charge in [-0.05, 0) is 53.8 Å². The van der Waals surface area contributed by atoms with Crippen LogP contribution in [0.2, 0.25) is 0 Å². The van der Waals surface area contributed by atoms with Crippen LogP contribution in [0.3, 0.4) is 0 Å². The Bertz CT molecular complexity index is 827. The molecule has 0 saturated carbocycles. The van der Waals surface area contributed by atoms with Crippen LogP contribution in [-0.4, -0.2) is 15.3 Å². The second-order valence-electron chi connectivity index (χ2n) is 6.74. The van der Waals surface area contributed by atoms with E-state index < -0.39 is 0 Å². The average Bonchev–Trinajstić information content (AvgIpc) is 2.96. The SMILES string of the molecule is Cc1cc(O)ccc1-c1nnc(-c2ccc(C(C)(C)C)cc2)o1. The van der Waals surface area contributed by atoms with Gasteiger partial charge in [0.25, 0.3) is 0 Å². The Kier molecular flexibility index (Phi) is 3.68. The Morgan fingerprint density at radius 3 is 2.17 bits per heavy atom. The standard InChI is InChI=1S/C19H20N2O2/c1-12-11-15(22)9-10-16(12)18-21-20-17(23-18)13-5-7-14(8-6-13)19(2,3)4/h5-11,22H,1-4H3. The summed E-state index contributed by atoms with van der Waals surface area (Å²) < 4.78 is 5.80. The number of hydrogen-bond donors (Lipinski definition) is 1. The first-order valence-electron chi connectivity index (χ1n) is 7.59. The lowest BCUT2D eigenvalue weighted by Crippen LogP contribution is -2.10. The molecule has 0 aliphatic heterocycles. The molecule has 0 bridgehead atoms. The van der Waals surface area contributed by atoms with Crippen LogP contribution in [-0.2, 0) is 5.41 Å². The van der Waals surface area contributed by atoms with E-state index in [0.29, 0.717) is 11.8 Å². The largest absolute Gasteiger partial charge is 0.508 e. The molecule has 23 heavy (non-hydrogen) atoms. The number of phenols is 1. The van der Waals surface area contributed by atoms with Crippen molar-refractivity contribution in [2.75, 3.05) is 0 Å². The molecule has 4 heteroatoms. The molecule has 1 aromatic heterocycles. The van der Waals surface area contributed by atoms with E-state index >= 15 is 0 Å². The van der Waals surface area contributed by atoms with Crippen molar-refractivity contribution in [1.82, 2.24) is 10.2 Å². The van der Waals surface area contributed by atoms with Gasteiger partial charge < -0.3 is 9.52 Å². The zero-order chi connectivity index (χ0) is 16.6. The summed E-state index contributed by atoms with van der Waals surface area (Å²) in [4.78, 5) is 0. The van der Waals surface area contributed by atoms with Crippen molar-refractivity contribution in [3.8, 4) is 28.7 Å². The number of nitrogens with zero attached hydrogens (tertiary/aromatic N) is 2. The second kappa shape index (κ2) is 5.54. The Labute approximate surface area is 135 Å². The first-order chi connectivity index (χ1) is 10.8. The topological polar surface area (TPSA) is 59.2 Å². The molecule has 0 aliphatic rings. The number of hydrogen-bond acceptors (Lipinski definition) is 4. The maximum absolute atomic E-state index is 9.49. The van der Waals surface area contributed by atoms with Crippen LogP contribution < -0.4 is 0 Å². The minimum atomic E-state index is 0.113. The fraction of sp³-hybridized carbons (Fsp3) is 0.263. The Morgan fingerprint density at radius 2 is 1.57 bits per heavy atom. The molecule has 1 N–H and O–H groups in total. The lowest BCUT2D eigenvalue weighted by Gasteiger charge is -2.18. The minimum absolute atomic E-state index is 0.113. The van der Waals surface area contributed by atoms with Gasteiger partial charge in [0.05, 0.1) is 0 Å². The summed E-state index contributed by atoms with van der Waals surface area (Å²) in [6.07, 6.45) is 0. The molecule has 0 fully saturated rings. The number of aromatic nitrogens is 2. The fourth-order valence-corrected chi connectivity index (χ4v) is 2.45. The summed E-state index contributed by atoms with van der Waals surface area (Å²) in [7, 11) is 0. The highest BCUT2D eigenvalue weighted by atomic mass is 16.4. The number of benzene rings is 2. The quantitative estimate of drug-likeness (QED) is 0.744. The van der Waals surface area contributed by atoms with Gasteiger partial charge in [-0.25, -0.2) is 0 Å². The summed E-state index contributed by atoms with van der Waals surface area (Å²) in [6, 6.07) is 13.3. The molecule has 3 aromatic rings. The van der Waals surface area contributed by atoms with Gasteiger partial charge in [-0.2, -0.15) is 0 Å². The zero-order valence-electron chi connectivity index (χ0n) is 13.8. The van der Waals surface area contributed by atoms with E-state index in [1.165, 1.54) is 5.56 Å². The predicted molar refractivity (Wildman–Crippen MR) is 90.3 cm³/mol. The van der Waals surface area contributed by atoms with Crippen molar-refractivity contribution in [2.24, 2.45) is 0 Å². The highest BCUT2D eigenvalue weighted by Crippen LogP contribution is 2.29. The van der Waals surface area contributed by atoms with Gasteiger partial charge in [0, 0.05) is 11.1 Å². The van der Waals surface area contributed by atoms with E-state index in [1.54, 1.807) is 18.2 Å². The van der Waals surface area contributed by atoms with Crippen LogP contribution in [0.25, 0.3) is 22.9 Å². The third-order valence-corrected chi connectivity index (χ3v) is 3.86. The van der Waals surface area contributed by atoms with Crippen molar-refractivity contribution in [2.45, 2.75) is 33.1 Å². The van der Waals surface area contributed by atoms with Gasteiger partial charge in [0.2, 0.25) is 11.8 Å². The monoisotopic (exact) mass is 308 g/mol. The van der Waals surface area contributed by atoms with E-state index in [-0.39, 0.29) is 11.2 Å². The molecule has 3 rings (SSSR count). The lowest BCUT2D eigenvalue weighted by molar-refractivity contribution is 0.475. The van der Waals surface area contributed by atoms with Crippen LogP contribution in [0.5, 0.6) is 5.75 Å². The molecular formula is C19H20N2O2. The number of phenolic OH excluding ortho intramolecular Hbond substituents is 1.